The Balaban J connectivity index is 1.63. The molecule has 0 aliphatic carbocycles. The third-order valence-corrected chi connectivity index (χ3v) is 4.33. The van der Waals surface area contributed by atoms with E-state index >= 15 is 0 Å². The minimum absolute atomic E-state index is 0.0113. The van der Waals surface area contributed by atoms with Crippen molar-refractivity contribution in [3.63, 3.8) is 0 Å². The van der Waals surface area contributed by atoms with Crippen LogP contribution in [0, 0.1) is 10.1 Å². The Morgan fingerprint density at radius 1 is 1.29 bits per heavy atom. The van der Waals surface area contributed by atoms with E-state index in [1.165, 1.54) is 35.6 Å². The summed E-state index contributed by atoms with van der Waals surface area (Å²) in [5.74, 6) is -0.300. The molecule has 8 heteroatoms. The van der Waals surface area contributed by atoms with Gasteiger partial charge in [-0.05, 0) is 35.9 Å². The molecular weight excluding hydrogens is 330 g/mol. The highest BCUT2D eigenvalue weighted by Crippen LogP contribution is 2.20. The number of nitro groups is 1. The van der Waals surface area contributed by atoms with Gasteiger partial charge < -0.3 is 10.4 Å². The number of thiazole rings is 1. The molecule has 3 rings (SSSR count). The van der Waals surface area contributed by atoms with Gasteiger partial charge in [-0.2, -0.15) is 0 Å². The van der Waals surface area contributed by atoms with Crippen molar-refractivity contribution in [3.05, 3.63) is 69.2 Å². The quantitative estimate of drug-likeness (QED) is 0.547. The maximum absolute atomic E-state index is 12.2. The summed E-state index contributed by atoms with van der Waals surface area (Å²) in [5.41, 5.74) is 3.49. The first kappa shape index (κ1) is 16.0. The highest BCUT2D eigenvalue weighted by molar-refractivity contribution is 7.16. The van der Waals surface area contributed by atoms with Gasteiger partial charge in [0, 0.05) is 24.2 Å². The zero-order valence-corrected chi connectivity index (χ0v) is 13.2. The van der Waals surface area contributed by atoms with Crippen LogP contribution in [-0.2, 0) is 0 Å². The summed E-state index contributed by atoms with van der Waals surface area (Å²) in [6, 6.07) is 10.8. The van der Waals surface area contributed by atoms with Gasteiger partial charge in [0.1, 0.15) is 0 Å². The van der Waals surface area contributed by atoms with E-state index in [9.17, 15) is 20.0 Å². The third-order valence-electron chi connectivity index (χ3n) is 3.54. The number of aliphatic hydroxyl groups excluding tert-OH is 1. The molecule has 1 atom stereocenters. The maximum atomic E-state index is 12.2. The van der Waals surface area contributed by atoms with Crippen molar-refractivity contribution < 1.29 is 14.8 Å². The van der Waals surface area contributed by atoms with Crippen molar-refractivity contribution in [1.82, 2.24) is 10.3 Å². The second-order valence-electron chi connectivity index (χ2n) is 5.11. The molecule has 0 saturated heterocycles. The largest absolute Gasteiger partial charge is 0.387 e. The van der Waals surface area contributed by atoms with E-state index in [0.29, 0.717) is 11.1 Å². The monoisotopic (exact) mass is 343 g/mol. The number of aliphatic hydroxyl groups is 1. The highest BCUT2D eigenvalue weighted by Gasteiger charge is 2.13. The first-order chi connectivity index (χ1) is 11.5. The topological polar surface area (TPSA) is 105 Å². The van der Waals surface area contributed by atoms with Gasteiger partial charge in [-0.25, -0.2) is 4.98 Å². The number of nitro benzene ring substituents is 1. The molecule has 0 unspecified atom stereocenters. The zero-order chi connectivity index (χ0) is 17.1. The predicted molar refractivity (Wildman–Crippen MR) is 90.0 cm³/mol. The number of carbonyl (C=O) groups excluding carboxylic acids is 1. The number of benzene rings is 2. The zero-order valence-electron chi connectivity index (χ0n) is 12.4. The molecule has 0 bridgehead atoms. The molecule has 1 heterocycles. The molecule has 0 fully saturated rings. The summed E-state index contributed by atoms with van der Waals surface area (Å²) < 4.78 is 0.915. The van der Waals surface area contributed by atoms with E-state index in [0.717, 1.165) is 10.2 Å². The van der Waals surface area contributed by atoms with Crippen LogP contribution in [0.2, 0.25) is 0 Å². The van der Waals surface area contributed by atoms with Gasteiger partial charge in [0.2, 0.25) is 0 Å². The number of hydrogen-bond donors (Lipinski definition) is 2. The van der Waals surface area contributed by atoms with Gasteiger partial charge in [-0.1, -0.05) is 0 Å². The molecular formula is C16H13N3O4S. The predicted octanol–water partition coefficient (Wildman–Crippen LogP) is 2.67. The lowest BCUT2D eigenvalue weighted by Gasteiger charge is -2.12. The summed E-state index contributed by atoms with van der Waals surface area (Å²) in [6.07, 6.45) is -0.943. The summed E-state index contributed by atoms with van der Waals surface area (Å²) >= 11 is 1.45. The number of nitrogens with zero attached hydrogens (tertiary/aromatic N) is 2. The Kier molecular flexibility index (Phi) is 4.50. The molecule has 1 amide bonds. The number of non-ortho nitro benzene ring substituents is 1. The minimum atomic E-state index is -0.943. The van der Waals surface area contributed by atoms with Crippen LogP contribution in [0.15, 0.2) is 48.0 Å². The Hall–Kier alpha value is -2.84. The number of carbonyl (C=O) groups is 1. The molecule has 3 aromatic rings. The van der Waals surface area contributed by atoms with Crippen LogP contribution in [0.3, 0.4) is 0 Å². The smallest absolute Gasteiger partial charge is 0.269 e. The van der Waals surface area contributed by atoms with Crippen LogP contribution in [0.25, 0.3) is 10.2 Å². The van der Waals surface area contributed by atoms with Gasteiger partial charge in [0.25, 0.3) is 11.6 Å². The molecule has 0 aliphatic rings. The first-order valence-corrected chi connectivity index (χ1v) is 7.96. The second-order valence-corrected chi connectivity index (χ2v) is 6.00. The molecule has 0 spiro atoms. The summed E-state index contributed by atoms with van der Waals surface area (Å²) in [5, 5.41) is 23.4. The van der Waals surface area contributed by atoms with Crippen LogP contribution in [0.4, 0.5) is 5.69 Å². The van der Waals surface area contributed by atoms with Crippen molar-refractivity contribution in [2.24, 2.45) is 0 Å². The van der Waals surface area contributed by atoms with Crippen LogP contribution in [0.1, 0.15) is 22.0 Å². The van der Waals surface area contributed by atoms with Crippen molar-refractivity contribution in [2.45, 2.75) is 6.10 Å². The van der Waals surface area contributed by atoms with Gasteiger partial charge in [-0.3, -0.25) is 14.9 Å². The highest BCUT2D eigenvalue weighted by atomic mass is 32.1. The van der Waals surface area contributed by atoms with Crippen molar-refractivity contribution in [2.75, 3.05) is 6.54 Å². The summed E-state index contributed by atoms with van der Waals surface area (Å²) in [4.78, 5) is 26.4. The molecule has 1 aromatic heterocycles. The average molecular weight is 343 g/mol. The lowest BCUT2D eigenvalue weighted by atomic mass is 10.1. The van der Waals surface area contributed by atoms with E-state index < -0.39 is 11.0 Å². The first-order valence-electron chi connectivity index (χ1n) is 7.08. The normalized spacial score (nSPS) is 12.0. The van der Waals surface area contributed by atoms with Gasteiger partial charge in [0.05, 0.1) is 26.8 Å². The fraction of sp³-hybridized carbons (Fsp3) is 0.125. The number of fused-ring (bicyclic) bond motifs is 1. The fourth-order valence-corrected chi connectivity index (χ4v) is 2.94. The van der Waals surface area contributed by atoms with E-state index in [1.54, 1.807) is 23.7 Å². The van der Waals surface area contributed by atoms with E-state index in [4.69, 9.17) is 0 Å². The summed E-state index contributed by atoms with van der Waals surface area (Å²) in [6.45, 7) is 0.0113. The Bertz CT molecular complexity index is 892. The molecule has 2 N–H and O–H groups in total. The number of hydrogen-bond acceptors (Lipinski definition) is 6. The van der Waals surface area contributed by atoms with Crippen molar-refractivity contribution in [3.8, 4) is 0 Å². The number of nitrogens with one attached hydrogen (secondary N) is 1. The lowest BCUT2D eigenvalue weighted by Crippen LogP contribution is -2.28. The number of rotatable bonds is 5. The molecule has 7 nitrogen and oxygen atoms in total. The molecule has 2 aromatic carbocycles. The minimum Gasteiger partial charge on any atom is -0.387 e. The molecule has 122 valence electrons. The Morgan fingerprint density at radius 3 is 2.75 bits per heavy atom. The lowest BCUT2D eigenvalue weighted by molar-refractivity contribution is -0.384. The second kappa shape index (κ2) is 6.73. The SMILES string of the molecule is O=C(NC[C@@H](O)c1ccc([N+](=O)[O-])cc1)c1ccc2ncsc2c1. The standard InChI is InChI=1S/C16H13N3O4S/c20-14(10-1-4-12(5-2-10)19(22)23)8-17-16(21)11-3-6-13-15(7-11)24-9-18-13/h1-7,9,14,20H,8H2,(H,17,21)/t14-/m1/s1. The van der Waals surface area contributed by atoms with Crippen LogP contribution in [0.5, 0.6) is 0 Å². The van der Waals surface area contributed by atoms with E-state index in [-0.39, 0.29) is 18.1 Å². The molecule has 24 heavy (non-hydrogen) atoms. The number of aromatic nitrogens is 1. The number of amides is 1. The van der Waals surface area contributed by atoms with Gasteiger partial charge in [-0.15, -0.1) is 11.3 Å². The van der Waals surface area contributed by atoms with Crippen molar-refractivity contribution in [1.29, 1.82) is 0 Å². The van der Waals surface area contributed by atoms with Crippen LogP contribution < -0.4 is 5.32 Å². The third kappa shape index (κ3) is 3.39. The van der Waals surface area contributed by atoms with Crippen LogP contribution >= 0.6 is 11.3 Å². The molecule has 0 radical (unpaired) electrons. The molecule has 0 saturated carbocycles. The van der Waals surface area contributed by atoms with E-state index in [1.807, 2.05) is 0 Å². The Morgan fingerprint density at radius 2 is 2.04 bits per heavy atom. The summed E-state index contributed by atoms with van der Waals surface area (Å²) in [7, 11) is 0. The maximum Gasteiger partial charge on any atom is 0.269 e. The molecule has 0 aliphatic heterocycles. The van der Waals surface area contributed by atoms with Crippen LogP contribution in [-0.4, -0.2) is 27.5 Å². The van der Waals surface area contributed by atoms with E-state index in [2.05, 4.69) is 10.3 Å². The Labute approximate surface area is 140 Å². The fourth-order valence-electron chi connectivity index (χ4n) is 2.22. The average Bonchev–Trinajstić information content (AvgIpc) is 3.07. The van der Waals surface area contributed by atoms with Crippen molar-refractivity contribution >= 4 is 33.1 Å². The van der Waals surface area contributed by atoms with Gasteiger partial charge in [0.15, 0.2) is 0 Å². The van der Waals surface area contributed by atoms with Gasteiger partial charge >= 0.3 is 0 Å².